The van der Waals surface area contributed by atoms with E-state index in [2.05, 4.69) is 0 Å². The van der Waals surface area contributed by atoms with Crippen LogP contribution in [0.25, 0.3) is 11.1 Å². The van der Waals surface area contributed by atoms with Crippen molar-refractivity contribution in [3.63, 3.8) is 0 Å². The second-order valence-electron chi connectivity index (χ2n) is 6.16. The quantitative estimate of drug-likeness (QED) is 0.750. The third-order valence-electron chi connectivity index (χ3n) is 4.52. The summed E-state index contributed by atoms with van der Waals surface area (Å²) in [6.45, 7) is 0.895. The van der Waals surface area contributed by atoms with Crippen molar-refractivity contribution in [2.45, 2.75) is 19.4 Å². The van der Waals surface area contributed by atoms with E-state index in [1.54, 1.807) is 20.3 Å². The van der Waals surface area contributed by atoms with Gasteiger partial charge in [-0.2, -0.15) is 0 Å². The lowest BCUT2D eigenvalue weighted by atomic mass is 9.99. The van der Waals surface area contributed by atoms with Crippen LogP contribution in [0.4, 0.5) is 0 Å². The summed E-state index contributed by atoms with van der Waals surface area (Å²) in [5, 5.41) is 0. The summed E-state index contributed by atoms with van der Waals surface area (Å²) in [6, 6.07) is 9.49. The second-order valence-corrected chi connectivity index (χ2v) is 6.16. The van der Waals surface area contributed by atoms with Crippen molar-refractivity contribution in [3.8, 4) is 28.4 Å². The average Bonchev–Trinajstić information content (AvgIpc) is 3.41. The molecule has 1 saturated carbocycles. The summed E-state index contributed by atoms with van der Waals surface area (Å²) in [4.78, 5) is 11.7. The van der Waals surface area contributed by atoms with Crippen molar-refractivity contribution >= 4 is 5.97 Å². The molecule has 2 aliphatic rings. The molecule has 5 heteroatoms. The number of carbonyl (C=O) groups is 1. The van der Waals surface area contributed by atoms with E-state index in [4.69, 9.17) is 18.9 Å². The van der Waals surface area contributed by atoms with Crippen LogP contribution >= 0.6 is 0 Å². The monoisotopic (exact) mass is 339 g/mol. The van der Waals surface area contributed by atoms with Crippen LogP contribution in [0.5, 0.6) is 17.2 Å². The Morgan fingerprint density at radius 1 is 1.00 bits per heavy atom. The smallest absolute Gasteiger partial charge is 0.338 e. The van der Waals surface area contributed by atoms with Gasteiger partial charge in [-0.15, -0.1) is 0 Å². The number of fused-ring (bicyclic) bond motifs is 1. The van der Waals surface area contributed by atoms with Gasteiger partial charge in [0.2, 0.25) is 5.75 Å². The van der Waals surface area contributed by atoms with Gasteiger partial charge in [0.1, 0.15) is 6.61 Å². The third-order valence-corrected chi connectivity index (χ3v) is 4.52. The Labute approximate surface area is 146 Å². The highest BCUT2D eigenvalue weighted by molar-refractivity contribution is 5.94. The molecule has 2 aromatic rings. The van der Waals surface area contributed by atoms with Gasteiger partial charge in [0, 0.05) is 17.0 Å². The zero-order valence-corrected chi connectivity index (χ0v) is 14.3. The number of methoxy groups -OCH3 is 2. The maximum absolute atomic E-state index is 11.7. The van der Waals surface area contributed by atoms with E-state index in [-0.39, 0.29) is 5.97 Å². The molecule has 0 saturated heterocycles. The summed E-state index contributed by atoms with van der Waals surface area (Å²) in [5.74, 6) is 2.99. The summed E-state index contributed by atoms with van der Waals surface area (Å²) in [7, 11) is 3.21. The number of cyclic esters (lactones) is 1. The number of hydrogen-bond donors (Lipinski definition) is 0. The number of esters is 1. The number of hydrogen-bond acceptors (Lipinski definition) is 5. The van der Waals surface area contributed by atoms with E-state index in [0.717, 1.165) is 29.5 Å². The van der Waals surface area contributed by atoms with Crippen LogP contribution in [0.15, 0.2) is 30.3 Å². The minimum atomic E-state index is -0.268. The fourth-order valence-electron chi connectivity index (χ4n) is 2.98. The molecule has 2 aromatic carbocycles. The summed E-state index contributed by atoms with van der Waals surface area (Å²) in [6.07, 6.45) is 2.25. The number of ether oxygens (including phenoxy) is 4. The third kappa shape index (κ3) is 2.90. The summed E-state index contributed by atoms with van der Waals surface area (Å²) >= 11 is 0. The van der Waals surface area contributed by atoms with Crippen molar-refractivity contribution in [3.05, 3.63) is 47.4 Å². The van der Waals surface area contributed by atoms with E-state index in [1.807, 2.05) is 24.3 Å². The van der Waals surface area contributed by atoms with Crippen LogP contribution in [-0.4, -0.2) is 26.8 Å². The summed E-state index contributed by atoms with van der Waals surface area (Å²) < 4.78 is 22.1. The van der Waals surface area contributed by atoms with E-state index < -0.39 is 0 Å². The normalized spacial score (nSPS) is 15.5. The fourth-order valence-corrected chi connectivity index (χ4v) is 2.98. The lowest BCUT2D eigenvalue weighted by Crippen LogP contribution is -2.03. The first-order chi connectivity index (χ1) is 12.2. The largest absolute Gasteiger partial charge is 0.493 e. The van der Waals surface area contributed by atoms with Gasteiger partial charge in [0.25, 0.3) is 0 Å². The maximum Gasteiger partial charge on any atom is 0.338 e. The highest BCUT2D eigenvalue weighted by Gasteiger charge is 2.26. The standard InChI is InChI=1S/C20H19O5/c1-22-17-8-7-15(18(19(17)23-2)24-10-12-3-4-12)13-5-6-16-14(9-13)11-25-20(16)21/h5-9H,3-4,10-11H2,1-2H3. The van der Waals surface area contributed by atoms with Gasteiger partial charge >= 0.3 is 5.97 Å². The van der Waals surface area contributed by atoms with Gasteiger partial charge < -0.3 is 18.9 Å². The minimum Gasteiger partial charge on any atom is -0.493 e. The van der Waals surface area contributed by atoms with E-state index >= 15 is 0 Å². The number of benzene rings is 2. The molecule has 1 heterocycles. The van der Waals surface area contributed by atoms with Crippen molar-refractivity contribution in [2.75, 3.05) is 20.8 Å². The molecule has 1 radical (unpaired) electrons. The molecule has 1 fully saturated rings. The molecule has 0 atom stereocenters. The average molecular weight is 339 g/mol. The molecule has 0 unspecified atom stereocenters. The molecule has 0 N–H and O–H groups in total. The highest BCUT2D eigenvalue weighted by atomic mass is 16.5. The number of carbonyl (C=O) groups excluding carboxylic acids is 1. The predicted octanol–water partition coefficient (Wildman–Crippen LogP) is 3.79. The van der Waals surface area contributed by atoms with Gasteiger partial charge in [-0.1, -0.05) is 6.07 Å². The molecule has 0 aromatic heterocycles. The van der Waals surface area contributed by atoms with Crippen LogP contribution in [-0.2, 0) is 11.3 Å². The molecule has 129 valence electrons. The first-order valence-electron chi connectivity index (χ1n) is 8.23. The van der Waals surface area contributed by atoms with E-state index in [1.165, 1.54) is 5.92 Å². The van der Waals surface area contributed by atoms with Gasteiger partial charge in [-0.3, -0.25) is 0 Å². The molecule has 1 aliphatic heterocycles. The predicted molar refractivity (Wildman–Crippen MR) is 92.1 cm³/mol. The van der Waals surface area contributed by atoms with Crippen LogP contribution in [0, 0.1) is 5.92 Å². The zero-order chi connectivity index (χ0) is 17.4. The molecule has 5 nitrogen and oxygen atoms in total. The Morgan fingerprint density at radius 2 is 1.80 bits per heavy atom. The molecule has 4 rings (SSSR count). The first kappa shape index (κ1) is 15.8. The highest BCUT2D eigenvalue weighted by Crippen LogP contribution is 2.46. The molecular formula is C20H19O5. The van der Waals surface area contributed by atoms with Crippen molar-refractivity contribution in [1.29, 1.82) is 0 Å². The van der Waals surface area contributed by atoms with Crippen LogP contribution < -0.4 is 14.2 Å². The van der Waals surface area contributed by atoms with Gasteiger partial charge in [-0.05, 0) is 42.7 Å². The number of rotatable bonds is 6. The van der Waals surface area contributed by atoms with Gasteiger partial charge in [0.15, 0.2) is 11.5 Å². The lowest BCUT2D eigenvalue weighted by Gasteiger charge is -2.18. The molecule has 0 spiro atoms. The Hall–Kier alpha value is -2.69. The maximum atomic E-state index is 11.7. The molecule has 0 amide bonds. The van der Waals surface area contributed by atoms with Gasteiger partial charge in [0.05, 0.1) is 26.4 Å². The SMILES string of the molecule is COc1ccc(-c2ccc3c(c2)COC3=O)c(OC[C]2CC2)c1OC. The van der Waals surface area contributed by atoms with Crippen LogP contribution in [0.1, 0.15) is 28.8 Å². The van der Waals surface area contributed by atoms with Crippen molar-refractivity contribution < 1.29 is 23.7 Å². The first-order valence-corrected chi connectivity index (χ1v) is 8.23. The van der Waals surface area contributed by atoms with E-state index in [0.29, 0.717) is 36.0 Å². The fraction of sp³-hybridized carbons (Fsp3) is 0.300. The Bertz CT molecular complexity index is 823. The molecular weight excluding hydrogens is 320 g/mol. The summed E-state index contributed by atoms with van der Waals surface area (Å²) in [5.41, 5.74) is 3.37. The topological polar surface area (TPSA) is 54.0 Å². The second kappa shape index (κ2) is 6.31. The van der Waals surface area contributed by atoms with Crippen LogP contribution in [0.3, 0.4) is 0 Å². The molecule has 1 aliphatic carbocycles. The van der Waals surface area contributed by atoms with Gasteiger partial charge in [-0.25, -0.2) is 4.79 Å². The van der Waals surface area contributed by atoms with Crippen LogP contribution in [0.2, 0.25) is 0 Å². The zero-order valence-electron chi connectivity index (χ0n) is 14.3. The molecule has 25 heavy (non-hydrogen) atoms. The Morgan fingerprint density at radius 3 is 2.52 bits per heavy atom. The Balaban J connectivity index is 1.78. The Kier molecular flexibility index (Phi) is 3.99. The minimum absolute atomic E-state index is 0.268. The van der Waals surface area contributed by atoms with Crippen molar-refractivity contribution in [1.82, 2.24) is 0 Å². The van der Waals surface area contributed by atoms with E-state index in [9.17, 15) is 4.79 Å². The van der Waals surface area contributed by atoms with Crippen molar-refractivity contribution in [2.24, 2.45) is 0 Å². The lowest BCUT2D eigenvalue weighted by molar-refractivity contribution is 0.0535. The molecule has 0 bridgehead atoms.